The molecule has 2 heterocycles. The number of carbonyl (C=O) groups is 2. The maximum absolute atomic E-state index is 12.3. The van der Waals surface area contributed by atoms with E-state index in [0.29, 0.717) is 24.9 Å². The van der Waals surface area contributed by atoms with Gasteiger partial charge in [0.05, 0.1) is 0 Å². The predicted molar refractivity (Wildman–Crippen MR) is 98.9 cm³/mol. The van der Waals surface area contributed by atoms with Gasteiger partial charge < -0.3 is 15.1 Å². The van der Waals surface area contributed by atoms with Crippen LogP contribution < -0.4 is 10.2 Å². The largest absolute Gasteiger partial charge is 0.352 e. The van der Waals surface area contributed by atoms with Crippen LogP contribution in [0.15, 0.2) is 41.9 Å². The van der Waals surface area contributed by atoms with Gasteiger partial charge in [0.25, 0.3) is 5.91 Å². The Kier molecular flexibility index (Phi) is 6.00. The molecule has 1 aromatic heterocycles. The van der Waals surface area contributed by atoms with E-state index in [1.165, 1.54) is 0 Å². The highest BCUT2D eigenvalue weighted by molar-refractivity contribution is 7.13. The van der Waals surface area contributed by atoms with E-state index < -0.39 is 0 Å². The van der Waals surface area contributed by atoms with Crippen molar-refractivity contribution in [3.8, 4) is 0 Å². The summed E-state index contributed by atoms with van der Waals surface area (Å²) in [5.41, 5.74) is 0.645. The van der Waals surface area contributed by atoms with Crippen LogP contribution >= 0.6 is 11.3 Å². The third-order valence-corrected chi connectivity index (χ3v) is 5.04. The van der Waals surface area contributed by atoms with Crippen molar-refractivity contribution in [1.29, 1.82) is 0 Å². The van der Waals surface area contributed by atoms with Crippen molar-refractivity contribution in [2.75, 3.05) is 37.6 Å². The summed E-state index contributed by atoms with van der Waals surface area (Å²) in [4.78, 5) is 32.6. The minimum absolute atomic E-state index is 0.0925. The summed E-state index contributed by atoms with van der Waals surface area (Å²) in [5, 5.41) is 5.85. The zero-order valence-corrected chi connectivity index (χ0v) is 14.9. The lowest BCUT2D eigenvalue weighted by atomic mass is 10.2. The lowest BCUT2D eigenvalue weighted by Crippen LogP contribution is -2.48. The minimum Gasteiger partial charge on any atom is -0.352 e. The first-order valence-corrected chi connectivity index (χ1v) is 9.37. The van der Waals surface area contributed by atoms with Gasteiger partial charge in [0.2, 0.25) is 5.91 Å². The highest BCUT2D eigenvalue weighted by atomic mass is 32.1. The molecule has 1 saturated heterocycles. The summed E-state index contributed by atoms with van der Waals surface area (Å²) in [6.07, 6.45) is 2.93. The van der Waals surface area contributed by atoms with E-state index >= 15 is 0 Å². The van der Waals surface area contributed by atoms with Crippen molar-refractivity contribution in [3.63, 3.8) is 0 Å². The molecule has 6 nitrogen and oxygen atoms in total. The van der Waals surface area contributed by atoms with Crippen molar-refractivity contribution >= 4 is 28.3 Å². The second kappa shape index (κ2) is 8.62. The average Bonchev–Trinajstić information content (AvgIpc) is 3.20. The molecule has 1 fully saturated rings. The number of rotatable bonds is 6. The lowest BCUT2D eigenvalue weighted by molar-refractivity contribution is -0.131. The van der Waals surface area contributed by atoms with Crippen LogP contribution in [0.3, 0.4) is 0 Å². The summed E-state index contributed by atoms with van der Waals surface area (Å²) in [5.74, 6) is 0.0675. The number of thiazole rings is 1. The molecule has 1 aliphatic heterocycles. The van der Waals surface area contributed by atoms with E-state index in [-0.39, 0.29) is 11.8 Å². The third-order valence-electron chi connectivity index (χ3n) is 4.21. The summed E-state index contributed by atoms with van der Waals surface area (Å²) < 4.78 is 0. The zero-order chi connectivity index (χ0) is 17.5. The summed E-state index contributed by atoms with van der Waals surface area (Å²) >= 11 is 1.63. The minimum atomic E-state index is -0.0925. The van der Waals surface area contributed by atoms with Crippen molar-refractivity contribution < 1.29 is 9.59 Å². The van der Waals surface area contributed by atoms with E-state index in [1.54, 1.807) is 29.7 Å². The molecule has 2 aromatic rings. The Morgan fingerprint density at radius 3 is 2.56 bits per heavy atom. The molecular formula is C18H22N4O2S. The normalized spacial score (nSPS) is 14.4. The second-order valence-electron chi connectivity index (χ2n) is 5.91. The van der Waals surface area contributed by atoms with E-state index in [4.69, 9.17) is 0 Å². The van der Waals surface area contributed by atoms with Crippen molar-refractivity contribution in [3.05, 3.63) is 47.5 Å². The van der Waals surface area contributed by atoms with Crippen LogP contribution in [-0.2, 0) is 4.79 Å². The Labute approximate surface area is 151 Å². The van der Waals surface area contributed by atoms with Crippen LogP contribution in [0.25, 0.3) is 0 Å². The van der Waals surface area contributed by atoms with E-state index in [9.17, 15) is 9.59 Å². The van der Waals surface area contributed by atoms with Crippen molar-refractivity contribution in [1.82, 2.24) is 15.2 Å². The number of nitrogens with one attached hydrogen (secondary N) is 1. The van der Waals surface area contributed by atoms with Crippen LogP contribution in [0.1, 0.15) is 23.2 Å². The fourth-order valence-corrected chi connectivity index (χ4v) is 3.51. The molecule has 0 bridgehead atoms. The first-order valence-electron chi connectivity index (χ1n) is 8.49. The highest BCUT2D eigenvalue weighted by Crippen LogP contribution is 2.19. The van der Waals surface area contributed by atoms with Crippen LogP contribution in [0.4, 0.5) is 5.13 Å². The molecule has 25 heavy (non-hydrogen) atoms. The van der Waals surface area contributed by atoms with Gasteiger partial charge in [0.15, 0.2) is 5.13 Å². The Morgan fingerprint density at radius 1 is 1.12 bits per heavy atom. The smallest absolute Gasteiger partial charge is 0.251 e. The van der Waals surface area contributed by atoms with Crippen LogP contribution in [0, 0.1) is 0 Å². The fraction of sp³-hybridized carbons (Fsp3) is 0.389. The molecule has 1 N–H and O–H groups in total. The fourth-order valence-electron chi connectivity index (χ4n) is 2.81. The first kappa shape index (κ1) is 17.4. The van der Waals surface area contributed by atoms with Gasteiger partial charge in [-0.2, -0.15) is 0 Å². The van der Waals surface area contributed by atoms with Crippen molar-refractivity contribution in [2.45, 2.75) is 12.8 Å². The topological polar surface area (TPSA) is 65.5 Å². The first-order chi connectivity index (χ1) is 12.2. The van der Waals surface area contributed by atoms with Gasteiger partial charge >= 0.3 is 0 Å². The maximum atomic E-state index is 12.3. The van der Waals surface area contributed by atoms with Crippen LogP contribution in [-0.4, -0.2) is 54.4 Å². The number of nitrogens with zero attached hydrogens (tertiary/aromatic N) is 3. The number of hydrogen-bond donors (Lipinski definition) is 1. The standard InChI is InChI=1S/C18H22N4O2S/c23-16(7-4-8-19-17(24)15-5-2-1-3-6-15)21-10-12-22(13-11-21)18-20-9-14-25-18/h1-3,5-6,9,14H,4,7-8,10-13H2,(H,19,24). The van der Waals surface area contributed by atoms with Crippen LogP contribution in [0.5, 0.6) is 0 Å². The van der Waals surface area contributed by atoms with E-state index in [0.717, 1.165) is 31.3 Å². The molecule has 0 atom stereocenters. The number of anilines is 1. The quantitative estimate of drug-likeness (QED) is 0.802. The number of aromatic nitrogens is 1. The van der Waals surface area contributed by atoms with Gasteiger partial charge in [-0.05, 0) is 18.6 Å². The number of benzene rings is 1. The third kappa shape index (κ3) is 4.79. The van der Waals surface area contributed by atoms with Gasteiger partial charge in [-0.1, -0.05) is 18.2 Å². The van der Waals surface area contributed by atoms with Crippen LogP contribution in [0.2, 0.25) is 0 Å². The summed E-state index contributed by atoms with van der Waals surface area (Å²) in [6.45, 7) is 3.62. The molecule has 0 saturated carbocycles. The monoisotopic (exact) mass is 358 g/mol. The molecule has 0 aliphatic carbocycles. The molecule has 7 heteroatoms. The molecule has 1 aromatic carbocycles. The van der Waals surface area contributed by atoms with Gasteiger partial charge in [-0.15, -0.1) is 11.3 Å². The molecule has 132 valence electrons. The molecule has 1 aliphatic rings. The Hall–Kier alpha value is -2.41. The predicted octanol–water partition coefficient (Wildman–Crippen LogP) is 2.00. The second-order valence-corrected chi connectivity index (χ2v) is 6.78. The number of hydrogen-bond acceptors (Lipinski definition) is 5. The van der Waals surface area contributed by atoms with Gasteiger partial charge in [0, 0.05) is 56.3 Å². The number of piperazine rings is 1. The summed E-state index contributed by atoms with van der Waals surface area (Å²) in [6, 6.07) is 9.11. The molecular weight excluding hydrogens is 336 g/mol. The van der Waals surface area contributed by atoms with E-state index in [2.05, 4.69) is 15.2 Å². The van der Waals surface area contributed by atoms with Gasteiger partial charge in [0.1, 0.15) is 0 Å². The average molecular weight is 358 g/mol. The number of carbonyl (C=O) groups excluding carboxylic acids is 2. The molecule has 0 radical (unpaired) electrons. The Bertz CT molecular complexity index is 682. The van der Waals surface area contributed by atoms with Gasteiger partial charge in [-0.25, -0.2) is 4.98 Å². The lowest BCUT2D eigenvalue weighted by Gasteiger charge is -2.34. The molecule has 2 amide bonds. The molecule has 0 spiro atoms. The van der Waals surface area contributed by atoms with Gasteiger partial charge in [-0.3, -0.25) is 9.59 Å². The van der Waals surface area contributed by atoms with Crippen molar-refractivity contribution in [2.24, 2.45) is 0 Å². The SMILES string of the molecule is O=C(NCCCC(=O)N1CCN(c2nccs2)CC1)c1ccccc1. The molecule has 3 rings (SSSR count). The highest BCUT2D eigenvalue weighted by Gasteiger charge is 2.21. The van der Waals surface area contributed by atoms with E-state index in [1.807, 2.05) is 28.5 Å². The Balaban J connectivity index is 1.34. The number of amides is 2. The zero-order valence-electron chi connectivity index (χ0n) is 14.1. The Morgan fingerprint density at radius 2 is 1.88 bits per heavy atom. The summed E-state index contributed by atoms with van der Waals surface area (Å²) in [7, 11) is 0. The molecule has 0 unspecified atom stereocenters. The maximum Gasteiger partial charge on any atom is 0.251 e.